The fourth-order valence-corrected chi connectivity index (χ4v) is 4.39. The number of hydrogen-bond acceptors (Lipinski definition) is 4. The maximum absolute atomic E-state index is 12.0. The van der Waals surface area contributed by atoms with Gasteiger partial charge in [0.15, 0.2) is 0 Å². The van der Waals surface area contributed by atoms with Crippen LogP contribution in [0.1, 0.15) is 42.5 Å². The van der Waals surface area contributed by atoms with Crippen molar-refractivity contribution in [1.29, 1.82) is 0 Å². The molecule has 1 fully saturated rings. The second-order valence-electron chi connectivity index (χ2n) is 7.90. The minimum absolute atomic E-state index is 0.410. The highest BCUT2D eigenvalue weighted by Gasteiger charge is 2.20. The molecule has 1 aromatic carbocycles. The Labute approximate surface area is 168 Å². The quantitative estimate of drug-likeness (QED) is 0.492. The molecule has 0 radical (unpaired) electrons. The van der Waals surface area contributed by atoms with Crippen LogP contribution in [-0.4, -0.2) is 31.7 Å². The first kappa shape index (κ1) is 17.7. The Bertz CT molecular complexity index is 1210. The van der Waals surface area contributed by atoms with Crippen molar-refractivity contribution in [1.82, 2.24) is 19.7 Å². The molecule has 1 amide bonds. The number of amides is 1. The molecule has 1 saturated carbocycles. The van der Waals surface area contributed by atoms with E-state index in [1.807, 2.05) is 19.4 Å². The summed E-state index contributed by atoms with van der Waals surface area (Å²) in [4.78, 5) is 20.0. The molecule has 7 heteroatoms. The summed E-state index contributed by atoms with van der Waals surface area (Å²) >= 11 is 0. The molecule has 1 aliphatic carbocycles. The zero-order chi connectivity index (χ0) is 20.0. The van der Waals surface area contributed by atoms with Crippen molar-refractivity contribution in [3.63, 3.8) is 0 Å². The zero-order valence-corrected chi connectivity index (χ0v) is 16.4. The monoisotopic (exact) mass is 388 g/mol. The highest BCUT2D eigenvalue weighted by atomic mass is 16.1. The first-order valence-electron chi connectivity index (χ1n) is 10.1. The molecular formula is C22H24N6O. The number of pyridine rings is 1. The second kappa shape index (κ2) is 6.92. The van der Waals surface area contributed by atoms with Gasteiger partial charge in [-0.05, 0) is 24.5 Å². The fourth-order valence-electron chi connectivity index (χ4n) is 4.39. The van der Waals surface area contributed by atoms with E-state index in [0.29, 0.717) is 11.6 Å². The summed E-state index contributed by atoms with van der Waals surface area (Å²) in [5.41, 5.74) is 9.83. The predicted molar refractivity (Wildman–Crippen MR) is 115 cm³/mol. The Morgan fingerprint density at radius 3 is 2.76 bits per heavy atom. The van der Waals surface area contributed by atoms with Gasteiger partial charge in [0.2, 0.25) is 0 Å². The number of rotatable bonds is 4. The number of aromatic amines is 1. The van der Waals surface area contributed by atoms with Gasteiger partial charge < -0.3 is 16.0 Å². The standard InChI is InChI=1S/C22H24N6O/c1-28-12-14(10-25-28)13-7-8-16-18(9-13)27-20-17(21(23)29)11-24-22(19(16)20)26-15-5-3-2-4-6-15/h7-12,15,27H,2-6H2,1H3,(H2,23,29)(H,24,26). The van der Waals surface area contributed by atoms with Crippen molar-refractivity contribution in [3.05, 3.63) is 42.4 Å². The summed E-state index contributed by atoms with van der Waals surface area (Å²) in [5.74, 6) is 0.336. The van der Waals surface area contributed by atoms with Crippen LogP contribution in [0.4, 0.5) is 5.82 Å². The van der Waals surface area contributed by atoms with Crippen LogP contribution in [0.15, 0.2) is 36.8 Å². The van der Waals surface area contributed by atoms with E-state index in [4.69, 9.17) is 5.73 Å². The van der Waals surface area contributed by atoms with Gasteiger partial charge in [-0.3, -0.25) is 9.48 Å². The van der Waals surface area contributed by atoms with Crippen LogP contribution in [0.5, 0.6) is 0 Å². The van der Waals surface area contributed by atoms with E-state index in [2.05, 4.69) is 38.6 Å². The van der Waals surface area contributed by atoms with Crippen molar-refractivity contribution in [2.45, 2.75) is 38.1 Å². The highest BCUT2D eigenvalue weighted by molar-refractivity contribution is 6.18. The van der Waals surface area contributed by atoms with Crippen LogP contribution >= 0.6 is 0 Å². The lowest BCUT2D eigenvalue weighted by molar-refractivity contribution is 0.100. The summed E-state index contributed by atoms with van der Waals surface area (Å²) in [5, 5.41) is 9.84. The number of anilines is 1. The third-order valence-electron chi connectivity index (χ3n) is 5.88. The van der Waals surface area contributed by atoms with Crippen LogP contribution in [0.2, 0.25) is 0 Å². The van der Waals surface area contributed by atoms with Crippen molar-refractivity contribution in [2.75, 3.05) is 5.32 Å². The molecule has 1 aliphatic rings. The number of benzene rings is 1. The number of H-pyrrole nitrogens is 1. The van der Waals surface area contributed by atoms with Crippen molar-refractivity contribution in [2.24, 2.45) is 12.8 Å². The number of hydrogen-bond donors (Lipinski definition) is 3. The van der Waals surface area contributed by atoms with Gasteiger partial charge in [-0.25, -0.2) is 4.98 Å². The van der Waals surface area contributed by atoms with Crippen molar-refractivity contribution < 1.29 is 4.79 Å². The van der Waals surface area contributed by atoms with E-state index in [9.17, 15) is 4.79 Å². The van der Waals surface area contributed by atoms with Crippen LogP contribution in [0, 0.1) is 0 Å². The Morgan fingerprint density at radius 1 is 1.21 bits per heavy atom. The molecule has 3 heterocycles. The van der Waals surface area contributed by atoms with E-state index in [0.717, 1.165) is 51.6 Å². The number of nitrogens with two attached hydrogens (primary N) is 1. The average molecular weight is 388 g/mol. The van der Waals surface area contributed by atoms with Crippen molar-refractivity contribution >= 4 is 33.5 Å². The molecule has 0 unspecified atom stereocenters. The Hall–Kier alpha value is -3.35. The molecular weight excluding hydrogens is 364 g/mol. The zero-order valence-electron chi connectivity index (χ0n) is 16.4. The summed E-state index contributed by atoms with van der Waals surface area (Å²) in [6, 6.07) is 6.66. The number of nitrogens with zero attached hydrogens (tertiary/aromatic N) is 3. The van der Waals surface area contributed by atoms with E-state index in [1.165, 1.54) is 19.3 Å². The number of nitrogens with one attached hydrogen (secondary N) is 2. The molecule has 3 aromatic heterocycles. The molecule has 4 aromatic rings. The van der Waals surface area contributed by atoms with Gasteiger partial charge in [0, 0.05) is 41.9 Å². The molecule has 0 spiro atoms. The topological polar surface area (TPSA) is 102 Å². The van der Waals surface area contributed by atoms with Crippen LogP contribution < -0.4 is 11.1 Å². The van der Waals surface area contributed by atoms with Gasteiger partial charge in [-0.15, -0.1) is 0 Å². The number of aromatic nitrogens is 4. The summed E-state index contributed by atoms with van der Waals surface area (Å²) < 4.78 is 1.78. The third-order valence-corrected chi connectivity index (χ3v) is 5.88. The summed E-state index contributed by atoms with van der Waals surface area (Å²) in [7, 11) is 1.90. The van der Waals surface area contributed by atoms with Crippen LogP contribution in [-0.2, 0) is 7.05 Å². The largest absolute Gasteiger partial charge is 0.367 e. The molecule has 7 nitrogen and oxygen atoms in total. The predicted octanol–water partition coefficient (Wildman–Crippen LogP) is 3.96. The van der Waals surface area contributed by atoms with Gasteiger partial charge in [0.25, 0.3) is 5.91 Å². The third kappa shape index (κ3) is 3.12. The normalized spacial score (nSPS) is 15.2. The first-order chi connectivity index (χ1) is 14.1. The fraction of sp³-hybridized carbons (Fsp3) is 0.318. The van der Waals surface area contributed by atoms with Crippen molar-refractivity contribution in [3.8, 4) is 11.1 Å². The highest BCUT2D eigenvalue weighted by Crippen LogP contribution is 2.35. The van der Waals surface area contributed by atoms with Crippen LogP contribution in [0.3, 0.4) is 0 Å². The van der Waals surface area contributed by atoms with Gasteiger partial charge in [0.05, 0.1) is 22.7 Å². The minimum atomic E-state index is -0.481. The number of carbonyl (C=O) groups is 1. The molecule has 5 rings (SSSR count). The second-order valence-corrected chi connectivity index (χ2v) is 7.90. The summed E-state index contributed by atoms with van der Waals surface area (Å²) in [6.07, 6.45) is 11.5. The number of primary amides is 1. The molecule has 4 N–H and O–H groups in total. The molecule has 29 heavy (non-hydrogen) atoms. The summed E-state index contributed by atoms with van der Waals surface area (Å²) in [6.45, 7) is 0. The lowest BCUT2D eigenvalue weighted by Crippen LogP contribution is -2.23. The number of aryl methyl sites for hydroxylation is 1. The van der Waals surface area contributed by atoms with Gasteiger partial charge in [-0.1, -0.05) is 31.4 Å². The number of fused-ring (bicyclic) bond motifs is 3. The lowest BCUT2D eigenvalue weighted by atomic mass is 9.95. The molecule has 0 atom stereocenters. The van der Waals surface area contributed by atoms with Gasteiger partial charge in [-0.2, -0.15) is 5.10 Å². The Morgan fingerprint density at radius 2 is 2.03 bits per heavy atom. The maximum Gasteiger partial charge on any atom is 0.252 e. The maximum atomic E-state index is 12.0. The molecule has 0 aliphatic heterocycles. The molecule has 148 valence electrons. The van der Waals surface area contributed by atoms with E-state index in [1.54, 1.807) is 10.9 Å². The van der Waals surface area contributed by atoms with E-state index >= 15 is 0 Å². The average Bonchev–Trinajstić information content (AvgIpc) is 3.32. The minimum Gasteiger partial charge on any atom is -0.367 e. The SMILES string of the molecule is Cn1cc(-c2ccc3c(c2)[nH]c2c(C(N)=O)cnc(NC4CCCCC4)c23)cn1. The Kier molecular flexibility index (Phi) is 4.23. The Balaban J connectivity index is 1.67. The lowest BCUT2D eigenvalue weighted by Gasteiger charge is -2.23. The van der Waals surface area contributed by atoms with E-state index in [-0.39, 0.29) is 0 Å². The molecule has 0 saturated heterocycles. The first-order valence-corrected chi connectivity index (χ1v) is 10.1. The van der Waals surface area contributed by atoms with Crippen LogP contribution in [0.25, 0.3) is 32.9 Å². The molecule has 0 bridgehead atoms. The van der Waals surface area contributed by atoms with E-state index < -0.39 is 5.91 Å². The smallest absolute Gasteiger partial charge is 0.252 e. The van der Waals surface area contributed by atoms with Gasteiger partial charge >= 0.3 is 0 Å². The van der Waals surface area contributed by atoms with Gasteiger partial charge in [0.1, 0.15) is 5.82 Å². The number of carbonyl (C=O) groups excluding carboxylic acids is 1.